The average molecular weight is 398 g/mol. The Bertz CT molecular complexity index is 941. The first kappa shape index (κ1) is 15.8. The summed E-state index contributed by atoms with van der Waals surface area (Å²) in [6, 6.07) is 8.43. The molecule has 0 fully saturated rings. The summed E-state index contributed by atoms with van der Waals surface area (Å²) in [6.07, 6.45) is 0. The second-order valence-corrected chi connectivity index (χ2v) is 6.23. The Hall–Kier alpha value is -2.12. The normalized spacial score (nSPS) is 11.0. The number of fused-ring (bicyclic) bond motifs is 1. The molecule has 0 bridgehead atoms. The molecular formula is C15H11BrClFN4O. The minimum atomic E-state index is -0.714. The summed E-state index contributed by atoms with van der Waals surface area (Å²) in [4.78, 5) is 15.3. The van der Waals surface area contributed by atoms with E-state index in [-0.39, 0.29) is 17.0 Å². The molecule has 1 aromatic heterocycles. The van der Waals surface area contributed by atoms with Crippen LogP contribution in [0.2, 0.25) is 5.02 Å². The number of carbonyl (C=O) groups excluding carboxylic acids is 1. The van der Waals surface area contributed by atoms with Crippen molar-refractivity contribution >= 4 is 55.8 Å². The number of aromatic nitrogens is 2. The van der Waals surface area contributed by atoms with Crippen LogP contribution >= 0.6 is 27.5 Å². The highest BCUT2D eigenvalue weighted by Crippen LogP contribution is 2.31. The smallest absolute Gasteiger partial charge is 0.284 e. The molecule has 0 aliphatic rings. The number of amides is 1. The number of nitrogens with one attached hydrogen (secondary N) is 1. The topological polar surface area (TPSA) is 72.9 Å². The molecular weight excluding hydrogens is 387 g/mol. The molecule has 23 heavy (non-hydrogen) atoms. The van der Waals surface area contributed by atoms with E-state index in [2.05, 4.69) is 26.2 Å². The van der Waals surface area contributed by atoms with Crippen LogP contribution in [-0.4, -0.2) is 15.5 Å². The van der Waals surface area contributed by atoms with Gasteiger partial charge in [-0.05, 0) is 30.3 Å². The quantitative estimate of drug-likeness (QED) is 0.702. The standard InChI is InChI=1S/C15H11BrClFN4O/c1-22-11-5-4-10(12(18)13(11)21-15(22)14(19)23)20-9-3-2-7(16)6-8(9)17/h2-6,20H,1H3,(H2,19,23). The van der Waals surface area contributed by atoms with E-state index in [1.807, 2.05) is 0 Å². The van der Waals surface area contributed by atoms with Crippen LogP contribution in [0.4, 0.5) is 15.8 Å². The Kier molecular flexibility index (Phi) is 3.99. The van der Waals surface area contributed by atoms with Gasteiger partial charge < -0.3 is 15.6 Å². The van der Waals surface area contributed by atoms with Crippen molar-refractivity contribution in [2.45, 2.75) is 0 Å². The maximum atomic E-state index is 14.7. The lowest BCUT2D eigenvalue weighted by atomic mass is 10.2. The van der Waals surface area contributed by atoms with Gasteiger partial charge in [0.05, 0.1) is 21.9 Å². The van der Waals surface area contributed by atoms with E-state index in [1.54, 1.807) is 37.4 Å². The summed E-state index contributed by atoms with van der Waals surface area (Å²) in [7, 11) is 1.60. The number of rotatable bonds is 3. The second-order valence-electron chi connectivity index (χ2n) is 4.90. The third-order valence-electron chi connectivity index (χ3n) is 3.41. The molecule has 0 radical (unpaired) electrons. The SMILES string of the molecule is Cn1c(C(N)=O)nc2c(F)c(Nc3ccc(Br)cc3Cl)ccc21. The van der Waals surface area contributed by atoms with Gasteiger partial charge in [0.2, 0.25) is 0 Å². The Labute approximate surface area is 144 Å². The number of nitrogens with zero attached hydrogens (tertiary/aromatic N) is 2. The van der Waals surface area contributed by atoms with Crippen LogP contribution < -0.4 is 11.1 Å². The molecule has 0 unspecified atom stereocenters. The van der Waals surface area contributed by atoms with Gasteiger partial charge in [0.25, 0.3) is 5.91 Å². The van der Waals surface area contributed by atoms with Crippen molar-refractivity contribution in [2.24, 2.45) is 12.8 Å². The fourth-order valence-corrected chi connectivity index (χ4v) is 3.00. The number of aryl methyl sites for hydroxylation is 1. The van der Waals surface area contributed by atoms with Crippen LogP contribution in [0.1, 0.15) is 10.6 Å². The van der Waals surface area contributed by atoms with E-state index in [1.165, 1.54) is 4.57 Å². The summed E-state index contributed by atoms with van der Waals surface area (Å²) < 4.78 is 17.0. The molecule has 2 aromatic carbocycles. The number of benzene rings is 2. The van der Waals surface area contributed by atoms with Crippen molar-refractivity contribution in [3.63, 3.8) is 0 Å². The Balaban J connectivity index is 2.09. The molecule has 3 aromatic rings. The Morgan fingerprint density at radius 2 is 2.04 bits per heavy atom. The van der Waals surface area contributed by atoms with Gasteiger partial charge in [-0.2, -0.15) is 0 Å². The number of hydrogen-bond donors (Lipinski definition) is 2. The molecule has 0 aliphatic carbocycles. The number of halogens is 3. The molecule has 5 nitrogen and oxygen atoms in total. The zero-order chi connectivity index (χ0) is 16.7. The molecule has 118 valence electrons. The van der Waals surface area contributed by atoms with Crippen molar-refractivity contribution in [3.8, 4) is 0 Å². The molecule has 0 atom stereocenters. The van der Waals surface area contributed by atoms with Gasteiger partial charge in [-0.25, -0.2) is 9.37 Å². The number of imidazole rings is 1. The van der Waals surface area contributed by atoms with Crippen molar-refractivity contribution in [1.29, 1.82) is 0 Å². The monoisotopic (exact) mass is 396 g/mol. The summed E-state index contributed by atoms with van der Waals surface area (Å²) >= 11 is 9.44. The first-order valence-corrected chi connectivity index (χ1v) is 7.72. The van der Waals surface area contributed by atoms with Gasteiger partial charge in [0, 0.05) is 11.5 Å². The van der Waals surface area contributed by atoms with Crippen LogP contribution in [0.25, 0.3) is 11.0 Å². The summed E-state index contributed by atoms with van der Waals surface area (Å²) in [6.45, 7) is 0. The average Bonchev–Trinajstić information content (AvgIpc) is 2.83. The fourth-order valence-electron chi connectivity index (χ4n) is 2.28. The molecule has 8 heteroatoms. The third kappa shape index (κ3) is 2.77. The number of carbonyl (C=O) groups is 1. The first-order valence-electron chi connectivity index (χ1n) is 6.55. The van der Waals surface area contributed by atoms with Crippen LogP contribution in [0.5, 0.6) is 0 Å². The third-order valence-corrected chi connectivity index (χ3v) is 4.22. The molecule has 0 saturated carbocycles. The molecule has 0 spiro atoms. The largest absolute Gasteiger partial charge is 0.363 e. The van der Waals surface area contributed by atoms with E-state index in [0.29, 0.717) is 16.2 Å². The molecule has 3 rings (SSSR count). The van der Waals surface area contributed by atoms with E-state index in [0.717, 1.165) is 4.47 Å². The van der Waals surface area contributed by atoms with Crippen molar-refractivity contribution in [3.05, 3.63) is 51.5 Å². The van der Waals surface area contributed by atoms with Gasteiger partial charge >= 0.3 is 0 Å². The zero-order valence-electron chi connectivity index (χ0n) is 11.9. The minimum absolute atomic E-state index is 0.00211. The molecule has 0 aliphatic heterocycles. The molecule has 1 heterocycles. The Morgan fingerprint density at radius 1 is 1.35 bits per heavy atom. The zero-order valence-corrected chi connectivity index (χ0v) is 14.2. The van der Waals surface area contributed by atoms with Gasteiger partial charge in [0.15, 0.2) is 11.6 Å². The van der Waals surface area contributed by atoms with Gasteiger partial charge in [0.1, 0.15) is 5.52 Å². The number of hydrogen-bond acceptors (Lipinski definition) is 3. The van der Waals surface area contributed by atoms with Crippen molar-refractivity contribution < 1.29 is 9.18 Å². The van der Waals surface area contributed by atoms with Gasteiger partial charge in [-0.15, -0.1) is 0 Å². The lowest BCUT2D eigenvalue weighted by Crippen LogP contribution is -2.16. The maximum Gasteiger partial charge on any atom is 0.284 e. The van der Waals surface area contributed by atoms with Crippen LogP contribution in [0.15, 0.2) is 34.8 Å². The number of nitrogens with two attached hydrogens (primary N) is 1. The van der Waals surface area contributed by atoms with Crippen molar-refractivity contribution in [1.82, 2.24) is 9.55 Å². The summed E-state index contributed by atoms with van der Waals surface area (Å²) in [5.41, 5.74) is 6.55. The maximum absolute atomic E-state index is 14.7. The summed E-state index contributed by atoms with van der Waals surface area (Å²) in [5.74, 6) is -1.30. The molecule has 0 saturated heterocycles. The number of anilines is 2. The fraction of sp³-hybridized carbons (Fsp3) is 0.0667. The van der Waals surface area contributed by atoms with Gasteiger partial charge in [-0.1, -0.05) is 27.5 Å². The molecule has 1 amide bonds. The second kappa shape index (κ2) is 5.82. The number of primary amides is 1. The van der Waals surface area contributed by atoms with Crippen LogP contribution in [0, 0.1) is 5.82 Å². The molecule has 3 N–H and O–H groups in total. The lowest BCUT2D eigenvalue weighted by Gasteiger charge is -2.10. The summed E-state index contributed by atoms with van der Waals surface area (Å²) in [5, 5.41) is 3.37. The highest BCUT2D eigenvalue weighted by Gasteiger charge is 2.18. The first-order chi connectivity index (χ1) is 10.9. The van der Waals surface area contributed by atoms with Crippen LogP contribution in [-0.2, 0) is 7.05 Å². The van der Waals surface area contributed by atoms with E-state index >= 15 is 0 Å². The highest BCUT2D eigenvalue weighted by molar-refractivity contribution is 9.10. The highest BCUT2D eigenvalue weighted by atomic mass is 79.9. The lowest BCUT2D eigenvalue weighted by molar-refractivity contribution is 0.0988. The predicted octanol–water partition coefficient (Wildman–Crippen LogP) is 3.97. The predicted molar refractivity (Wildman–Crippen MR) is 91.6 cm³/mol. The van der Waals surface area contributed by atoms with Gasteiger partial charge in [-0.3, -0.25) is 4.79 Å². The van der Waals surface area contributed by atoms with E-state index < -0.39 is 11.7 Å². The minimum Gasteiger partial charge on any atom is -0.363 e. The van der Waals surface area contributed by atoms with Crippen molar-refractivity contribution in [2.75, 3.05) is 5.32 Å². The van der Waals surface area contributed by atoms with E-state index in [4.69, 9.17) is 17.3 Å². The van der Waals surface area contributed by atoms with Crippen LogP contribution in [0.3, 0.4) is 0 Å². The van der Waals surface area contributed by atoms with E-state index in [9.17, 15) is 9.18 Å². The Morgan fingerprint density at radius 3 is 2.70 bits per heavy atom.